The van der Waals surface area contributed by atoms with Gasteiger partial charge in [-0.05, 0) is 130 Å². The van der Waals surface area contributed by atoms with E-state index in [-0.39, 0.29) is 0 Å². The molecule has 1 unspecified atom stereocenters. The van der Waals surface area contributed by atoms with E-state index in [9.17, 15) is 0 Å². The minimum atomic E-state index is -0.506. The van der Waals surface area contributed by atoms with Crippen LogP contribution in [-0.4, -0.2) is 9.97 Å². The molecule has 0 saturated heterocycles. The van der Waals surface area contributed by atoms with Crippen LogP contribution in [0.3, 0.4) is 0 Å². The van der Waals surface area contributed by atoms with Crippen molar-refractivity contribution in [3.8, 4) is 11.4 Å². The standard InChI is InChI=1S/C51H40N2S/c1-5-7-9-19-32(4)47-40-25-16-17-26-44(40)52-50(53-47)34-27-28-37-38-23-10-8-11-24-39-41-29-33-20-13-15-22-36(33)49-46(41)51(45(38)39,43(37)30-34)42(6-2)48(54-49)35-21-14-12-18-31(35)3/h5-7,9,12-22,24-30H,1-2,8,10-11,23H2,3-4H3/b9-7-,32-19+,39-24+. The van der Waals surface area contributed by atoms with E-state index in [1.165, 1.54) is 89.1 Å². The second-order valence-electron chi connectivity index (χ2n) is 14.8. The molecule has 3 heteroatoms. The number of hydrogen-bond donors (Lipinski definition) is 0. The Labute approximate surface area is 321 Å². The fourth-order valence-electron chi connectivity index (χ4n) is 9.56. The van der Waals surface area contributed by atoms with E-state index in [0.29, 0.717) is 0 Å². The van der Waals surface area contributed by atoms with Crippen molar-refractivity contribution in [2.75, 3.05) is 0 Å². The van der Waals surface area contributed by atoms with Gasteiger partial charge in [-0.1, -0.05) is 140 Å². The highest BCUT2D eigenvalue weighted by molar-refractivity contribution is 8.08. The number of para-hydroxylation sites is 1. The highest BCUT2D eigenvalue weighted by Gasteiger charge is 2.58. The minimum absolute atomic E-state index is 0.506. The Bertz CT molecular complexity index is 2800. The van der Waals surface area contributed by atoms with Gasteiger partial charge in [0.05, 0.1) is 16.6 Å². The van der Waals surface area contributed by atoms with Crippen LogP contribution in [0.15, 0.2) is 163 Å². The molecule has 1 aromatic heterocycles. The fraction of sp³-hybridized carbons (Fsp3) is 0.137. The summed E-state index contributed by atoms with van der Waals surface area (Å²) in [6, 6.07) is 35.7. The largest absolute Gasteiger partial charge is 0.228 e. The quantitative estimate of drug-likeness (QED) is 0.161. The van der Waals surface area contributed by atoms with Crippen molar-refractivity contribution < 1.29 is 0 Å². The first-order valence-corrected chi connectivity index (χ1v) is 19.9. The molecule has 54 heavy (non-hydrogen) atoms. The van der Waals surface area contributed by atoms with E-state index in [0.717, 1.165) is 46.4 Å². The van der Waals surface area contributed by atoms with Gasteiger partial charge in [0.15, 0.2) is 5.82 Å². The molecule has 1 atom stereocenters. The number of fused-ring (bicyclic) bond motifs is 6. The Balaban J connectivity index is 1.32. The molecule has 1 spiro atoms. The topological polar surface area (TPSA) is 25.8 Å². The second kappa shape index (κ2) is 12.7. The maximum absolute atomic E-state index is 5.34. The summed E-state index contributed by atoms with van der Waals surface area (Å²) in [7, 11) is 0. The number of hydrogen-bond acceptors (Lipinski definition) is 3. The van der Waals surface area contributed by atoms with Gasteiger partial charge in [-0.25, -0.2) is 9.97 Å². The van der Waals surface area contributed by atoms with E-state index in [1.54, 1.807) is 6.08 Å². The predicted octanol–water partition coefficient (Wildman–Crippen LogP) is 13.6. The molecular weight excluding hydrogens is 673 g/mol. The Kier molecular flexibility index (Phi) is 7.71. The first kappa shape index (κ1) is 32.8. The summed E-state index contributed by atoms with van der Waals surface area (Å²) in [5.74, 6) is 0.740. The maximum atomic E-state index is 5.34. The SMILES string of the molecule is C=C/C=C\C=C(/C)c1nc(-c2ccc3c(c2)C24C(C=C)=C(c5ccccc5C)Sc5c2c(cc2ccccc52)/C2=C\CCCCC3=C24)nc2ccccc12. The summed E-state index contributed by atoms with van der Waals surface area (Å²) in [6.07, 6.45) is 17.1. The van der Waals surface area contributed by atoms with Gasteiger partial charge in [-0.15, -0.1) is 0 Å². The molecule has 3 aliphatic carbocycles. The summed E-state index contributed by atoms with van der Waals surface area (Å²) in [5, 5.41) is 3.65. The van der Waals surface area contributed by atoms with Crippen LogP contribution in [0.1, 0.15) is 71.7 Å². The van der Waals surface area contributed by atoms with Crippen LogP contribution in [0.5, 0.6) is 0 Å². The molecule has 0 saturated carbocycles. The van der Waals surface area contributed by atoms with Crippen LogP contribution in [0.25, 0.3) is 54.7 Å². The van der Waals surface area contributed by atoms with Crippen LogP contribution in [0.2, 0.25) is 0 Å². The number of benzene rings is 5. The normalized spacial score (nSPS) is 19.7. The van der Waals surface area contributed by atoms with Gasteiger partial charge in [0, 0.05) is 20.8 Å². The molecule has 10 rings (SSSR count). The highest BCUT2D eigenvalue weighted by atomic mass is 32.2. The number of nitrogens with zero attached hydrogens (tertiary/aromatic N) is 2. The van der Waals surface area contributed by atoms with E-state index in [2.05, 4.69) is 142 Å². The zero-order chi connectivity index (χ0) is 36.6. The number of aryl methyl sites for hydroxylation is 1. The van der Waals surface area contributed by atoms with Gasteiger partial charge in [-0.2, -0.15) is 0 Å². The van der Waals surface area contributed by atoms with Gasteiger partial charge in [0.25, 0.3) is 0 Å². The van der Waals surface area contributed by atoms with E-state index in [1.807, 2.05) is 23.9 Å². The second-order valence-corrected chi connectivity index (χ2v) is 15.8. The Morgan fingerprint density at radius 3 is 2.48 bits per heavy atom. The molecule has 4 aliphatic rings. The van der Waals surface area contributed by atoms with Crippen molar-refractivity contribution in [2.45, 2.75) is 49.8 Å². The summed E-state index contributed by atoms with van der Waals surface area (Å²) < 4.78 is 0. The van der Waals surface area contributed by atoms with Crippen molar-refractivity contribution in [3.63, 3.8) is 0 Å². The summed E-state index contributed by atoms with van der Waals surface area (Å²) >= 11 is 1.94. The molecule has 0 bridgehead atoms. The van der Waals surface area contributed by atoms with Gasteiger partial charge in [-0.3, -0.25) is 0 Å². The van der Waals surface area contributed by atoms with Crippen molar-refractivity contribution >= 4 is 55.1 Å². The highest BCUT2D eigenvalue weighted by Crippen LogP contribution is 2.71. The summed E-state index contributed by atoms with van der Waals surface area (Å²) in [5.41, 5.74) is 17.2. The van der Waals surface area contributed by atoms with Crippen LogP contribution in [-0.2, 0) is 5.41 Å². The van der Waals surface area contributed by atoms with Crippen LogP contribution in [0.4, 0.5) is 0 Å². The van der Waals surface area contributed by atoms with Crippen LogP contribution < -0.4 is 0 Å². The smallest absolute Gasteiger partial charge is 0.160 e. The number of rotatable bonds is 6. The van der Waals surface area contributed by atoms with Gasteiger partial charge < -0.3 is 0 Å². The molecule has 6 aromatic rings. The van der Waals surface area contributed by atoms with Gasteiger partial charge in [0.2, 0.25) is 0 Å². The first-order chi connectivity index (χ1) is 26.5. The molecule has 1 aliphatic heterocycles. The van der Waals surface area contributed by atoms with Crippen molar-refractivity contribution in [1.29, 1.82) is 0 Å². The molecular formula is C51H40N2S. The molecule has 0 radical (unpaired) electrons. The average Bonchev–Trinajstić information content (AvgIpc) is 3.61. The summed E-state index contributed by atoms with van der Waals surface area (Å²) in [4.78, 5) is 13.2. The van der Waals surface area contributed by atoms with Crippen molar-refractivity contribution in [3.05, 3.63) is 197 Å². The molecule has 260 valence electrons. The van der Waals surface area contributed by atoms with E-state index >= 15 is 0 Å². The number of thioether (sulfide) groups is 1. The molecule has 0 amide bonds. The van der Waals surface area contributed by atoms with E-state index < -0.39 is 5.41 Å². The lowest BCUT2D eigenvalue weighted by molar-refractivity contribution is 0.751. The third-order valence-electron chi connectivity index (χ3n) is 11.9. The lowest BCUT2D eigenvalue weighted by Crippen LogP contribution is -2.30. The third-order valence-corrected chi connectivity index (χ3v) is 13.1. The average molecular weight is 713 g/mol. The van der Waals surface area contributed by atoms with Crippen LogP contribution >= 0.6 is 11.8 Å². The van der Waals surface area contributed by atoms with Crippen LogP contribution in [0, 0.1) is 6.92 Å². The molecule has 2 heterocycles. The monoisotopic (exact) mass is 712 g/mol. The lowest BCUT2D eigenvalue weighted by atomic mass is 9.67. The van der Waals surface area contributed by atoms with E-state index in [4.69, 9.17) is 9.97 Å². The van der Waals surface area contributed by atoms with Crippen molar-refractivity contribution in [2.24, 2.45) is 0 Å². The minimum Gasteiger partial charge on any atom is -0.228 e. The molecule has 2 nitrogen and oxygen atoms in total. The Hall–Kier alpha value is -5.77. The molecule has 0 N–H and O–H groups in total. The predicted molar refractivity (Wildman–Crippen MR) is 230 cm³/mol. The first-order valence-electron chi connectivity index (χ1n) is 19.0. The maximum Gasteiger partial charge on any atom is 0.160 e. The van der Waals surface area contributed by atoms with Gasteiger partial charge in [0.1, 0.15) is 0 Å². The Morgan fingerprint density at radius 1 is 0.815 bits per heavy atom. The fourth-order valence-corrected chi connectivity index (χ4v) is 11.1. The number of aromatic nitrogens is 2. The molecule has 5 aromatic carbocycles. The molecule has 0 fully saturated rings. The Morgan fingerprint density at radius 2 is 1.63 bits per heavy atom. The van der Waals surface area contributed by atoms with Crippen molar-refractivity contribution in [1.82, 2.24) is 9.97 Å². The number of allylic oxidation sites excluding steroid dienone is 11. The zero-order valence-corrected chi connectivity index (χ0v) is 31.6. The summed E-state index contributed by atoms with van der Waals surface area (Å²) in [6.45, 7) is 12.8. The lowest BCUT2D eigenvalue weighted by Gasteiger charge is -2.39. The zero-order valence-electron chi connectivity index (χ0n) is 30.7. The van der Waals surface area contributed by atoms with Gasteiger partial charge >= 0.3 is 0 Å². The third kappa shape index (κ3) is 4.61.